The molecule has 0 aromatic carbocycles. The first-order valence-corrected chi connectivity index (χ1v) is 8.89. The molecule has 0 radical (unpaired) electrons. The zero-order valence-electron chi connectivity index (χ0n) is 14.4. The van der Waals surface area contributed by atoms with E-state index in [-0.39, 0.29) is 6.09 Å². The smallest absolute Gasteiger partial charge is 0.407 e. The molecule has 2 aliphatic rings. The number of carbonyl (C=O) groups excluding carboxylic acids is 1. The molecule has 2 fully saturated rings. The van der Waals surface area contributed by atoms with Crippen molar-refractivity contribution in [3.05, 3.63) is 0 Å². The van der Waals surface area contributed by atoms with E-state index in [9.17, 15) is 4.79 Å². The zero-order valence-corrected chi connectivity index (χ0v) is 14.4. The van der Waals surface area contributed by atoms with Gasteiger partial charge < -0.3 is 20.7 Å². The summed E-state index contributed by atoms with van der Waals surface area (Å²) in [4.78, 5) is 11.6. The van der Waals surface area contributed by atoms with Gasteiger partial charge in [0.1, 0.15) is 5.60 Å². The summed E-state index contributed by atoms with van der Waals surface area (Å²) in [5.74, 6) is 0.752. The second-order valence-corrected chi connectivity index (χ2v) is 7.64. The number of carbonyl (C=O) groups is 1. The van der Waals surface area contributed by atoms with E-state index >= 15 is 0 Å². The average molecular weight is 311 g/mol. The maximum absolute atomic E-state index is 11.6. The molecular formula is C17H33N3O2. The van der Waals surface area contributed by atoms with Gasteiger partial charge in [0, 0.05) is 25.2 Å². The fourth-order valence-corrected chi connectivity index (χ4v) is 3.70. The van der Waals surface area contributed by atoms with Crippen LogP contribution in [0.4, 0.5) is 4.79 Å². The average Bonchev–Trinajstić information content (AvgIpc) is 2.91. The van der Waals surface area contributed by atoms with Gasteiger partial charge in [0.15, 0.2) is 0 Å². The van der Waals surface area contributed by atoms with Gasteiger partial charge in [0.25, 0.3) is 0 Å². The molecule has 0 aromatic rings. The van der Waals surface area contributed by atoms with Gasteiger partial charge in [-0.25, -0.2) is 4.79 Å². The number of rotatable bonds is 5. The maximum atomic E-state index is 11.6. The molecule has 0 aromatic heterocycles. The van der Waals surface area contributed by atoms with Gasteiger partial charge in [-0.3, -0.25) is 0 Å². The Morgan fingerprint density at radius 2 is 1.95 bits per heavy atom. The lowest BCUT2D eigenvalue weighted by Gasteiger charge is -2.33. The molecule has 2 rings (SSSR count). The van der Waals surface area contributed by atoms with E-state index in [4.69, 9.17) is 4.74 Å². The highest BCUT2D eigenvalue weighted by Crippen LogP contribution is 2.31. The number of ether oxygens (including phenoxy) is 1. The van der Waals surface area contributed by atoms with Crippen LogP contribution < -0.4 is 16.0 Å². The molecule has 1 aliphatic carbocycles. The summed E-state index contributed by atoms with van der Waals surface area (Å²) in [5.41, 5.74) is -0.430. The Bertz CT molecular complexity index is 348. The Morgan fingerprint density at radius 3 is 2.64 bits per heavy atom. The van der Waals surface area contributed by atoms with Gasteiger partial charge in [0.2, 0.25) is 0 Å². The standard InChI is InChI=1S/C17H33N3O2/c1-17(2,3)22-16(21)20-12-11-19-15-9-6-7-13(15)14-8-4-5-10-18-14/h13-15,18-19H,4-12H2,1-3H3,(H,20,21). The van der Waals surface area contributed by atoms with Gasteiger partial charge in [-0.05, 0) is 58.9 Å². The van der Waals surface area contributed by atoms with E-state index in [1.807, 2.05) is 20.8 Å². The molecule has 3 unspecified atom stereocenters. The van der Waals surface area contributed by atoms with Crippen LogP contribution in [0.15, 0.2) is 0 Å². The highest BCUT2D eigenvalue weighted by molar-refractivity contribution is 5.67. The third-order valence-corrected chi connectivity index (χ3v) is 4.63. The largest absolute Gasteiger partial charge is 0.444 e. The molecule has 0 spiro atoms. The van der Waals surface area contributed by atoms with Crippen molar-refractivity contribution in [2.24, 2.45) is 5.92 Å². The molecule has 0 bridgehead atoms. The maximum Gasteiger partial charge on any atom is 0.407 e. The van der Waals surface area contributed by atoms with E-state index in [2.05, 4.69) is 16.0 Å². The normalized spacial score (nSPS) is 29.3. The summed E-state index contributed by atoms with van der Waals surface area (Å²) >= 11 is 0. The zero-order chi connectivity index (χ0) is 16.0. The molecule has 5 nitrogen and oxygen atoms in total. The molecule has 128 valence electrons. The minimum absolute atomic E-state index is 0.328. The highest BCUT2D eigenvalue weighted by Gasteiger charge is 2.33. The minimum Gasteiger partial charge on any atom is -0.444 e. The monoisotopic (exact) mass is 311 g/mol. The van der Waals surface area contributed by atoms with Crippen molar-refractivity contribution in [1.82, 2.24) is 16.0 Å². The molecule has 3 N–H and O–H groups in total. The number of nitrogens with one attached hydrogen (secondary N) is 3. The number of piperidine rings is 1. The van der Waals surface area contributed by atoms with Crippen LogP contribution in [0.1, 0.15) is 59.3 Å². The third kappa shape index (κ3) is 5.76. The van der Waals surface area contributed by atoms with Crippen molar-refractivity contribution in [1.29, 1.82) is 0 Å². The van der Waals surface area contributed by atoms with Gasteiger partial charge in [0.05, 0.1) is 0 Å². The number of hydrogen-bond donors (Lipinski definition) is 3. The molecule has 1 amide bonds. The molecule has 3 atom stereocenters. The highest BCUT2D eigenvalue weighted by atomic mass is 16.6. The fourth-order valence-electron chi connectivity index (χ4n) is 3.70. The van der Waals surface area contributed by atoms with Crippen LogP contribution in [0.5, 0.6) is 0 Å². The topological polar surface area (TPSA) is 62.4 Å². The summed E-state index contributed by atoms with van der Waals surface area (Å²) in [6.07, 6.45) is 7.58. The Balaban J connectivity index is 1.64. The van der Waals surface area contributed by atoms with Crippen LogP contribution in [-0.2, 0) is 4.74 Å². The van der Waals surface area contributed by atoms with Crippen LogP contribution >= 0.6 is 0 Å². The van der Waals surface area contributed by atoms with Crippen LogP contribution in [0.3, 0.4) is 0 Å². The van der Waals surface area contributed by atoms with Crippen molar-refractivity contribution < 1.29 is 9.53 Å². The Morgan fingerprint density at radius 1 is 1.14 bits per heavy atom. The van der Waals surface area contributed by atoms with Crippen molar-refractivity contribution in [2.75, 3.05) is 19.6 Å². The molecule has 1 saturated carbocycles. The lowest BCUT2D eigenvalue weighted by atomic mass is 9.88. The lowest BCUT2D eigenvalue weighted by Crippen LogP contribution is -2.48. The van der Waals surface area contributed by atoms with E-state index in [1.165, 1.54) is 45.1 Å². The molecule has 1 heterocycles. The van der Waals surface area contributed by atoms with Crippen LogP contribution in [0.25, 0.3) is 0 Å². The first kappa shape index (κ1) is 17.5. The molecule has 1 saturated heterocycles. The lowest BCUT2D eigenvalue weighted by molar-refractivity contribution is 0.0527. The molecule has 1 aliphatic heterocycles. The quantitative estimate of drug-likeness (QED) is 0.682. The molecular weight excluding hydrogens is 278 g/mol. The molecule has 22 heavy (non-hydrogen) atoms. The van der Waals surface area contributed by atoms with Gasteiger partial charge in [-0.15, -0.1) is 0 Å². The van der Waals surface area contributed by atoms with Crippen LogP contribution in [0, 0.1) is 5.92 Å². The Hall–Kier alpha value is -0.810. The SMILES string of the molecule is CC(C)(C)OC(=O)NCCNC1CCCC1C1CCCCN1. The second kappa shape index (κ2) is 8.16. The summed E-state index contributed by atoms with van der Waals surface area (Å²) < 4.78 is 5.24. The summed E-state index contributed by atoms with van der Waals surface area (Å²) in [5, 5.41) is 10.2. The minimum atomic E-state index is -0.430. The predicted molar refractivity (Wildman–Crippen MR) is 89.0 cm³/mol. The number of hydrogen-bond acceptors (Lipinski definition) is 4. The second-order valence-electron chi connectivity index (χ2n) is 7.64. The van der Waals surface area contributed by atoms with E-state index in [0.717, 1.165) is 12.5 Å². The van der Waals surface area contributed by atoms with Crippen molar-refractivity contribution in [3.8, 4) is 0 Å². The molecule has 5 heteroatoms. The van der Waals surface area contributed by atoms with E-state index < -0.39 is 5.60 Å². The summed E-state index contributed by atoms with van der Waals surface area (Å²) in [7, 11) is 0. The fraction of sp³-hybridized carbons (Fsp3) is 0.941. The van der Waals surface area contributed by atoms with Gasteiger partial charge in [-0.1, -0.05) is 12.8 Å². The Labute approximate surface area is 134 Å². The van der Waals surface area contributed by atoms with Crippen molar-refractivity contribution >= 4 is 6.09 Å². The van der Waals surface area contributed by atoms with E-state index in [0.29, 0.717) is 18.6 Å². The first-order chi connectivity index (χ1) is 10.5. The van der Waals surface area contributed by atoms with Crippen LogP contribution in [0.2, 0.25) is 0 Å². The van der Waals surface area contributed by atoms with Crippen LogP contribution in [-0.4, -0.2) is 43.4 Å². The Kier molecular flexibility index (Phi) is 6.50. The van der Waals surface area contributed by atoms with Crippen molar-refractivity contribution in [2.45, 2.75) is 77.0 Å². The number of alkyl carbamates (subject to hydrolysis) is 1. The van der Waals surface area contributed by atoms with Gasteiger partial charge in [-0.2, -0.15) is 0 Å². The number of amides is 1. The first-order valence-electron chi connectivity index (χ1n) is 8.89. The summed E-state index contributed by atoms with van der Waals surface area (Å²) in [6, 6.07) is 1.28. The predicted octanol–water partition coefficient (Wildman–Crippen LogP) is 2.41. The van der Waals surface area contributed by atoms with Gasteiger partial charge >= 0.3 is 6.09 Å². The third-order valence-electron chi connectivity index (χ3n) is 4.63. The van der Waals surface area contributed by atoms with E-state index in [1.54, 1.807) is 0 Å². The summed E-state index contributed by atoms with van der Waals surface area (Å²) in [6.45, 7) is 8.25. The van der Waals surface area contributed by atoms with Crippen molar-refractivity contribution in [3.63, 3.8) is 0 Å².